The topological polar surface area (TPSA) is 98.2 Å². The highest BCUT2D eigenvalue weighted by molar-refractivity contribution is 5.86. The van der Waals surface area contributed by atoms with E-state index in [1.165, 1.54) is 19.1 Å². The number of hydrogen-bond donors (Lipinski definition) is 1. The second kappa shape index (κ2) is 9.41. The van der Waals surface area contributed by atoms with Crippen LogP contribution in [0.2, 0.25) is 0 Å². The number of benzene rings is 1. The Kier molecular flexibility index (Phi) is 7.00. The van der Waals surface area contributed by atoms with E-state index in [4.69, 9.17) is 14.2 Å². The second-order valence-corrected chi connectivity index (χ2v) is 9.32. The van der Waals surface area contributed by atoms with Crippen LogP contribution >= 0.6 is 0 Å². The minimum Gasteiger partial charge on any atom is -0.506 e. The molecule has 8 nitrogen and oxygen atoms in total. The number of carbonyl (C=O) groups is 2. The first-order chi connectivity index (χ1) is 15.4. The summed E-state index contributed by atoms with van der Waals surface area (Å²) in [5.74, 6) is -0.611. The number of hydrogen-bond acceptors (Lipinski definition) is 7. The van der Waals surface area contributed by atoms with Crippen LogP contribution in [0.3, 0.4) is 0 Å². The minimum atomic E-state index is -1.55. The SMILES string of the molecule is COC(=O)[C@@H]1C[C@H](C[C@H](F)c2c(O)c(C)nc3ccc(OC)cc23)CN1C(=O)OC(C)(C)C. The fourth-order valence-electron chi connectivity index (χ4n) is 4.21. The van der Waals surface area contributed by atoms with Crippen LogP contribution in [0.1, 0.15) is 51.0 Å². The molecule has 180 valence electrons. The molecule has 3 atom stereocenters. The van der Waals surface area contributed by atoms with Crippen molar-refractivity contribution < 1.29 is 33.3 Å². The summed E-state index contributed by atoms with van der Waals surface area (Å²) in [7, 11) is 2.75. The van der Waals surface area contributed by atoms with Gasteiger partial charge in [-0.05, 0) is 64.7 Å². The largest absolute Gasteiger partial charge is 0.506 e. The Morgan fingerprint density at radius 2 is 2.00 bits per heavy atom. The van der Waals surface area contributed by atoms with Gasteiger partial charge in [-0.15, -0.1) is 0 Å². The monoisotopic (exact) mass is 462 g/mol. The molecule has 1 aliphatic rings. The molecule has 0 unspecified atom stereocenters. The summed E-state index contributed by atoms with van der Waals surface area (Å²) >= 11 is 0. The fraction of sp³-hybridized carbons (Fsp3) is 0.542. The van der Waals surface area contributed by atoms with Crippen molar-refractivity contribution in [1.82, 2.24) is 9.88 Å². The molecule has 33 heavy (non-hydrogen) atoms. The number of likely N-dealkylation sites (tertiary alicyclic amines) is 1. The molecule has 1 fully saturated rings. The molecule has 0 spiro atoms. The third-order valence-corrected chi connectivity index (χ3v) is 5.72. The molecule has 1 saturated heterocycles. The van der Waals surface area contributed by atoms with Crippen molar-refractivity contribution in [3.63, 3.8) is 0 Å². The van der Waals surface area contributed by atoms with Crippen molar-refractivity contribution in [2.24, 2.45) is 5.92 Å². The normalized spacial score (nSPS) is 19.4. The summed E-state index contributed by atoms with van der Waals surface area (Å²) in [6.45, 7) is 6.95. The van der Waals surface area contributed by atoms with E-state index in [2.05, 4.69) is 4.98 Å². The van der Waals surface area contributed by atoms with E-state index in [9.17, 15) is 14.7 Å². The summed E-state index contributed by atoms with van der Waals surface area (Å²) in [4.78, 5) is 30.6. The molecular weight excluding hydrogens is 431 g/mol. The molecule has 3 rings (SSSR count). The zero-order chi connectivity index (χ0) is 24.5. The van der Waals surface area contributed by atoms with Crippen LogP contribution in [0.5, 0.6) is 11.5 Å². The lowest BCUT2D eigenvalue weighted by Gasteiger charge is -2.27. The van der Waals surface area contributed by atoms with Crippen LogP contribution in [0.4, 0.5) is 9.18 Å². The number of pyridine rings is 1. The standard InChI is InChI=1S/C24H31FN2O6/c1-13-21(28)20(16-11-15(31-5)7-8-18(16)26-13)17(25)9-14-10-19(22(29)32-6)27(12-14)23(30)33-24(2,3)4/h7-8,11,14,17,19,28H,9-10,12H2,1-6H3/t14-,17-,19-/m0/s1. The third kappa shape index (κ3) is 5.29. The van der Waals surface area contributed by atoms with Gasteiger partial charge in [-0.3, -0.25) is 4.90 Å². The number of halogens is 1. The molecule has 1 amide bonds. The van der Waals surface area contributed by atoms with Gasteiger partial charge in [-0.25, -0.2) is 19.0 Å². The Balaban J connectivity index is 1.89. The van der Waals surface area contributed by atoms with Gasteiger partial charge < -0.3 is 19.3 Å². The summed E-state index contributed by atoms with van der Waals surface area (Å²) in [6, 6.07) is 4.22. The number of amides is 1. The number of fused-ring (bicyclic) bond motifs is 1. The highest BCUT2D eigenvalue weighted by atomic mass is 19.1. The molecule has 2 heterocycles. The van der Waals surface area contributed by atoms with Crippen LogP contribution in [0.15, 0.2) is 18.2 Å². The minimum absolute atomic E-state index is 0.00385. The molecule has 1 aliphatic heterocycles. The van der Waals surface area contributed by atoms with Gasteiger partial charge >= 0.3 is 12.1 Å². The Bertz CT molecular complexity index is 1050. The molecule has 0 aliphatic carbocycles. The van der Waals surface area contributed by atoms with E-state index in [0.717, 1.165) is 0 Å². The van der Waals surface area contributed by atoms with E-state index >= 15 is 4.39 Å². The maximum Gasteiger partial charge on any atom is 0.411 e. The van der Waals surface area contributed by atoms with Crippen molar-refractivity contribution in [3.05, 3.63) is 29.5 Å². The lowest BCUT2D eigenvalue weighted by molar-refractivity contribution is -0.145. The van der Waals surface area contributed by atoms with Gasteiger partial charge in [-0.1, -0.05) is 0 Å². The van der Waals surface area contributed by atoms with Crippen molar-refractivity contribution in [3.8, 4) is 11.5 Å². The second-order valence-electron chi connectivity index (χ2n) is 9.32. The summed E-state index contributed by atoms with van der Waals surface area (Å²) in [5.41, 5.74) is 0.246. The van der Waals surface area contributed by atoms with Crippen LogP contribution < -0.4 is 4.74 Å². The molecular formula is C24H31FN2O6. The number of ether oxygens (including phenoxy) is 3. The molecule has 1 aromatic carbocycles. The van der Waals surface area contributed by atoms with Gasteiger partial charge in [0.25, 0.3) is 0 Å². The summed E-state index contributed by atoms with van der Waals surface area (Å²) < 4.78 is 31.3. The number of aromatic hydroxyl groups is 1. The highest BCUT2D eigenvalue weighted by Crippen LogP contribution is 2.41. The number of aromatic nitrogens is 1. The summed E-state index contributed by atoms with van der Waals surface area (Å²) in [6.07, 6.45) is -1.97. The van der Waals surface area contributed by atoms with E-state index in [1.54, 1.807) is 45.9 Å². The first-order valence-electron chi connectivity index (χ1n) is 10.8. The van der Waals surface area contributed by atoms with Crippen LogP contribution in [-0.4, -0.2) is 59.5 Å². The smallest absolute Gasteiger partial charge is 0.411 e. The zero-order valence-electron chi connectivity index (χ0n) is 19.8. The molecule has 0 bridgehead atoms. The number of methoxy groups -OCH3 is 2. The number of carbonyl (C=O) groups excluding carboxylic acids is 2. The van der Waals surface area contributed by atoms with Crippen molar-refractivity contribution in [1.29, 1.82) is 0 Å². The van der Waals surface area contributed by atoms with Crippen LogP contribution in [-0.2, 0) is 14.3 Å². The zero-order valence-corrected chi connectivity index (χ0v) is 19.8. The van der Waals surface area contributed by atoms with Gasteiger partial charge in [0.2, 0.25) is 0 Å². The molecule has 2 aromatic rings. The van der Waals surface area contributed by atoms with Crippen molar-refractivity contribution in [2.45, 2.75) is 58.4 Å². The first-order valence-corrected chi connectivity index (χ1v) is 10.8. The van der Waals surface area contributed by atoms with Gasteiger partial charge in [0.05, 0.1) is 25.4 Å². The van der Waals surface area contributed by atoms with Crippen molar-refractivity contribution in [2.75, 3.05) is 20.8 Å². The number of rotatable bonds is 5. The summed E-state index contributed by atoms with van der Waals surface area (Å²) in [5, 5.41) is 11.1. The average molecular weight is 463 g/mol. The maximum absolute atomic E-state index is 15.7. The van der Waals surface area contributed by atoms with E-state index in [1.807, 2.05) is 0 Å². The van der Waals surface area contributed by atoms with Gasteiger partial charge in [0.15, 0.2) is 0 Å². The quantitative estimate of drug-likeness (QED) is 0.655. The van der Waals surface area contributed by atoms with Crippen LogP contribution in [0.25, 0.3) is 10.9 Å². The number of esters is 1. The fourth-order valence-corrected chi connectivity index (χ4v) is 4.21. The van der Waals surface area contributed by atoms with E-state index in [0.29, 0.717) is 22.3 Å². The first kappa shape index (κ1) is 24.5. The molecule has 9 heteroatoms. The number of aryl methyl sites for hydroxylation is 1. The van der Waals surface area contributed by atoms with Gasteiger partial charge in [0.1, 0.15) is 29.3 Å². The lowest BCUT2D eigenvalue weighted by Crippen LogP contribution is -2.43. The lowest BCUT2D eigenvalue weighted by atomic mass is 9.92. The number of alkyl halides is 1. The Morgan fingerprint density at radius 1 is 1.30 bits per heavy atom. The maximum atomic E-state index is 15.7. The molecule has 0 radical (unpaired) electrons. The van der Waals surface area contributed by atoms with E-state index < -0.39 is 29.9 Å². The van der Waals surface area contributed by atoms with Crippen molar-refractivity contribution >= 4 is 23.0 Å². The highest BCUT2D eigenvalue weighted by Gasteiger charge is 2.43. The van der Waals surface area contributed by atoms with Crippen LogP contribution in [0, 0.1) is 12.8 Å². The molecule has 0 saturated carbocycles. The Labute approximate surface area is 192 Å². The predicted octanol–water partition coefficient (Wildman–Crippen LogP) is 4.46. The predicted molar refractivity (Wildman–Crippen MR) is 120 cm³/mol. The van der Waals surface area contributed by atoms with Gasteiger partial charge in [-0.2, -0.15) is 0 Å². The third-order valence-electron chi connectivity index (χ3n) is 5.72. The number of nitrogens with zero attached hydrogens (tertiary/aromatic N) is 2. The molecule has 1 N–H and O–H groups in total. The van der Waals surface area contributed by atoms with E-state index in [-0.39, 0.29) is 36.6 Å². The average Bonchev–Trinajstić information content (AvgIpc) is 3.16. The Hall–Kier alpha value is -3.10. The Morgan fingerprint density at radius 3 is 2.61 bits per heavy atom. The van der Waals surface area contributed by atoms with Gasteiger partial charge in [0, 0.05) is 17.5 Å². The molecule has 1 aromatic heterocycles.